The van der Waals surface area contributed by atoms with Gasteiger partial charge < -0.3 is 24.1 Å². The van der Waals surface area contributed by atoms with Crippen molar-refractivity contribution in [2.75, 3.05) is 19.8 Å². The van der Waals surface area contributed by atoms with Gasteiger partial charge in [0.1, 0.15) is 18.3 Å². The number of rotatable bonds is 5. The maximum absolute atomic E-state index is 12.0. The molecule has 3 rings (SSSR count). The van der Waals surface area contributed by atoms with E-state index in [-0.39, 0.29) is 19.8 Å². The standard InChI is InChI=1S/C14H20N2O7/c1-14(2)22-10-8(7-20-6-5-17)21-12(11(10)23-14)16-4-3-9(18)15-13(16)19/h3-4,8,10-12,17H,5-7H2,1-2H3,(H,15,18,19)/t8-,10?,11+,12-/m1/s1. The van der Waals surface area contributed by atoms with Crippen molar-refractivity contribution in [3.63, 3.8) is 0 Å². The molecule has 3 heterocycles. The summed E-state index contributed by atoms with van der Waals surface area (Å²) in [6, 6.07) is 1.25. The van der Waals surface area contributed by atoms with Gasteiger partial charge in [-0.25, -0.2) is 4.79 Å². The third kappa shape index (κ3) is 3.24. The molecule has 0 amide bonds. The summed E-state index contributed by atoms with van der Waals surface area (Å²) >= 11 is 0. The largest absolute Gasteiger partial charge is 0.394 e. The number of aliphatic hydroxyl groups is 1. The van der Waals surface area contributed by atoms with E-state index in [2.05, 4.69) is 4.98 Å². The van der Waals surface area contributed by atoms with Crippen molar-refractivity contribution in [3.05, 3.63) is 33.1 Å². The number of H-pyrrole nitrogens is 1. The molecule has 0 aromatic carbocycles. The number of fused-ring (bicyclic) bond motifs is 1. The van der Waals surface area contributed by atoms with Crippen LogP contribution in [0.3, 0.4) is 0 Å². The van der Waals surface area contributed by atoms with Gasteiger partial charge in [0.15, 0.2) is 12.0 Å². The van der Waals surface area contributed by atoms with Gasteiger partial charge in [-0.1, -0.05) is 0 Å². The van der Waals surface area contributed by atoms with Gasteiger partial charge in [-0.3, -0.25) is 14.3 Å². The lowest BCUT2D eigenvalue weighted by atomic mass is 10.1. The number of aliphatic hydroxyl groups excluding tert-OH is 1. The van der Waals surface area contributed by atoms with E-state index >= 15 is 0 Å². The van der Waals surface area contributed by atoms with E-state index in [9.17, 15) is 9.59 Å². The normalized spacial score (nSPS) is 32.1. The number of nitrogens with zero attached hydrogens (tertiary/aromatic N) is 1. The number of aromatic nitrogens is 2. The monoisotopic (exact) mass is 328 g/mol. The van der Waals surface area contributed by atoms with E-state index in [1.807, 2.05) is 0 Å². The highest BCUT2D eigenvalue weighted by Gasteiger charge is 2.56. The molecule has 23 heavy (non-hydrogen) atoms. The van der Waals surface area contributed by atoms with E-state index in [0.717, 1.165) is 0 Å². The molecule has 2 aliphatic rings. The molecule has 2 N–H and O–H groups in total. The molecule has 1 unspecified atom stereocenters. The first-order valence-corrected chi connectivity index (χ1v) is 7.42. The Hall–Kier alpha value is -1.52. The highest BCUT2D eigenvalue weighted by Crippen LogP contribution is 2.42. The Kier molecular flexibility index (Phi) is 4.39. The highest BCUT2D eigenvalue weighted by atomic mass is 16.8. The third-order valence-corrected chi connectivity index (χ3v) is 3.77. The van der Waals surface area contributed by atoms with Crippen LogP contribution in [0.4, 0.5) is 0 Å². The van der Waals surface area contributed by atoms with Crippen molar-refractivity contribution < 1.29 is 24.1 Å². The van der Waals surface area contributed by atoms with Crippen molar-refractivity contribution in [3.8, 4) is 0 Å². The number of ether oxygens (including phenoxy) is 4. The van der Waals surface area contributed by atoms with Gasteiger partial charge in [0.25, 0.3) is 5.56 Å². The fourth-order valence-electron chi connectivity index (χ4n) is 2.91. The van der Waals surface area contributed by atoms with Crippen LogP contribution in [-0.2, 0) is 18.9 Å². The van der Waals surface area contributed by atoms with Crippen LogP contribution in [0.15, 0.2) is 21.9 Å². The van der Waals surface area contributed by atoms with Crippen molar-refractivity contribution in [1.82, 2.24) is 9.55 Å². The molecule has 2 fully saturated rings. The first-order chi connectivity index (χ1) is 10.9. The van der Waals surface area contributed by atoms with Crippen molar-refractivity contribution in [1.29, 1.82) is 0 Å². The second kappa shape index (κ2) is 6.17. The zero-order chi connectivity index (χ0) is 16.6. The summed E-state index contributed by atoms with van der Waals surface area (Å²) in [4.78, 5) is 25.4. The molecule has 0 saturated carbocycles. The maximum Gasteiger partial charge on any atom is 0.330 e. The molecule has 9 nitrogen and oxygen atoms in total. The molecule has 0 bridgehead atoms. The molecule has 0 spiro atoms. The molecular weight excluding hydrogens is 308 g/mol. The number of aromatic amines is 1. The van der Waals surface area contributed by atoms with Crippen LogP contribution in [0.2, 0.25) is 0 Å². The molecule has 0 aliphatic carbocycles. The fourth-order valence-corrected chi connectivity index (χ4v) is 2.91. The van der Waals surface area contributed by atoms with Crippen LogP contribution in [-0.4, -0.2) is 58.6 Å². The number of hydrogen-bond acceptors (Lipinski definition) is 7. The van der Waals surface area contributed by atoms with Gasteiger partial charge in [-0.15, -0.1) is 0 Å². The number of nitrogens with one attached hydrogen (secondary N) is 1. The first-order valence-electron chi connectivity index (χ1n) is 7.42. The summed E-state index contributed by atoms with van der Waals surface area (Å²) in [6.45, 7) is 3.86. The van der Waals surface area contributed by atoms with E-state index < -0.39 is 41.6 Å². The van der Waals surface area contributed by atoms with Crippen molar-refractivity contribution in [2.24, 2.45) is 0 Å². The Balaban J connectivity index is 1.85. The van der Waals surface area contributed by atoms with Crippen LogP contribution in [0, 0.1) is 0 Å². The molecule has 9 heteroatoms. The van der Waals surface area contributed by atoms with Crippen molar-refractivity contribution in [2.45, 2.75) is 44.2 Å². The Labute approximate surface area is 131 Å². The van der Waals surface area contributed by atoms with Gasteiger partial charge >= 0.3 is 5.69 Å². The Bertz CT molecular complexity index is 668. The average Bonchev–Trinajstić information content (AvgIpc) is 2.94. The predicted molar refractivity (Wildman–Crippen MR) is 77.0 cm³/mol. The zero-order valence-corrected chi connectivity index (χ0v) is 12.9. The minimum atomic E-state index is -0.807. The molecule has 0 radical (unpaired) electrons. The molecule has 2 aliphatic heterocycles. The lowest BCUT2D eigenvalue weighted by molar-refractivity contribution is -0.202. The van der Waals surface area contributed by atoms with E-state index in [1.54, 1.807) is 13.8 Å². The van der Waals surface area contributed by atoms with Crippen LogP contribution in [0.1, 0.15) is 20.1 Å². The van der Waals surface area contributed by atoms with Gasteiger partial charge in [-0.2, -0.15) is 0 Å². The highest BCUT2D eigenvalue weighted by molar-refractivity contribution is 4.98. The lowest BCUT2D eigenvalue weighted by Gasteiger charge is -2.24. The number of hydrogen-bond donors (Lipinski definition) is 2. The van der Waals surface area contributed by atoms with E-state index in [4.69, 9.17) is 24.1 Å². The summed E-state index contributed by atoms with van der Waals surface area (Å²) in [6.07, 6.45) is -0.719. The summed E-state index contributed by atoms with van der Waals surface area (Å²) in [5, 5.41) is 8.80. The summed E-state index contributed by atoms with van der Waals surface area (Å²) < 4.78 is 24.2. The summed E-state index contributed by atoms with van der Waals surface area (Å²) in [7, 11) is 0. The molecule has 1 aromatic heterocycles. The maximum atomic E-state index is 12.0. The van der Waals surface area contributed by atoms with Crippen LogP contribution in [0.5, 0.6) is 0 Å². The van der Waals surface area contributed by atoms with Crippen LogP contribution < -0.4 is 11.2 Å². The van der Waals surface area contributed by atoms with Gasteiger partial charge in [-0.05, 0) is 13.8 Å². The minimum absolute atomic E-state index is 0.0908. The molecular formula is C14H20N2O7. The van der Waals surface area contributed by atoms with Crippen LogP contribution in [0.25, 0.3) is 0 Å². The fraction of sp³-hybridized carbons (Fsp3) is 0.714. The molecule has 128 valence electrons. The summed E-state index contributed by atoms with van der Waals surface area (Å²) in [5.41, 5.74) is -1.06. The zero-order valence-electron chi connectivity index (χ0n) is 12.9. The molecule has 2 saturated heterocycles. The SMILES string of the molecule is CC1(C)OC2[C@@H](COCCO)O[C@@H](n3ccc(=O)[nH]c3=O)[C@H]2O1. The van der Waals surface area contributed by atoms with Gasteiger partial charge in [0.05, 0.1) is 19.8 Å². The second-order valence-electron chi connectivity index (χ2n) is 5.95. The van der Waals surface area contributed by atoms with Crippen molar-refractivity contribution >= 4 is 0 Å². The smallest absolute Gasteiger partial charge is 0.330 e. The first kappa shape index (κ1) is 16.3. The minimum Gasteiger partial charge on any atom is -0.394 e. The lowest BCUT2D eigenvalue weighted by Crippen LogP contribution is -2.37. The topological polar surface area (TPSA) is 112 Å². The van der Waals surface area contributed by atoms with Gasteiger partial charge in [0.2, 0.25) is 0 Å². The van der Waals surface area contributed by atoms with Crippen LogP contribution >= 0.6 is 0 Å². The third-order valence-electron chi connectivity index (χ3n) is 3.77. The predicted octanol–water partition coefficient (Wildman–Crippen LogP) is -1.04. The molecule has 4 atom stereocenters. The average molecular weight is 328 g/mol. The summed E-state index contributed by atoms with van der Waals surface area (Å²) in [5.74, 6) is -0.807. The molecule has 1 aromatic rings. The Morgan fingerprint density at radius 2 is 2.09 bits per heavy atom. The Morgan fingerprint density at radius 1 is 1.35 bits per heavy atom. The van der Waals surface area contributed by atoms with E-state index in [0.29, 0.717) is 0 Å². The Morgan fingerprint density at radius 3 is 2.78 bits per heavy atom. The van der Waals surface area contributed by atoms with E-state index in [1.165, 1.54) is 16.8 Å². The van der Waals surface area contributed by atoms with Gasteiger partial charge in [0, 0.05) is 12.3 Å². The quantitative estimate of drug-likeness (QED) is 0.664. The second-order valence-corrected chi connectivity index (χ2v) is 5.95.